The maximum Gasteiger partial charge on any atom is 0.338 e. The molecule has 3 aromatic carbocycles. The number of carbonyl (C=O) groups excluding carboxylic acids is 1. The first kappa shape index (κ1) is 32.0. The molecule has 0 aromatic heterocycles. The summed E-state index contributed by atoms with van der Waals surface area (Å²) in [6.07, 6.45) is -1.83. The van der Waals surface area contributed by atoms with Gasteiger partial charge in [0.25, 0.3) is 0 Å². The molecule has 44 heavy (non-hydrogen) atoms. The fraction of sp³-hybridized carbons (Fsp3) is 0.417. The largest absolute Gasteiger partial charge is 0.455 e. The summed E-state index contributed by atoms with van der Waals surface area (Å²) in [7, 11) is 0. The van der Waals surface area contributed by atoms with E-state index in [1.807, 2.05) is 91.0 Å². The van der Waals surface area contributed by atoms with Crippen molar-refractivity contribution < 1.29 is 38.0 Å². The summed E-state index contributed by atoms with van der Waals surface area (Å²) in [5.41, 5.74) is 3.04. The summed E-state index contributed by atoms with van der Waals surface area (Å²) in [5, 5.41) is 0. The van der Waals surface area contributed by atoms with Gasteiger partial charge >= 0.3 is 5.97 Å². The number of benzene rings is 3. The maximum atomic E-state index is 13.4. The molecule has 234 valence electrons. The molecule has 8 nitrogen and oxygen atoms in total. The second kappa shape index (κ2) is 15.6. The molecule has 2 aliphatic heterocycles. The third kappa shape index (κ3) is 8.85. The summed E-state index contributed by atoms with van der Waals surface area (Å²) < 4.78 is 43.6. The molecule has 2 fully saturated rings. The van der Waals surface area contributed by atoms with Crippen LogP contribution in [0.2, 0.25) is 0 Å². The highest BCUT2D eigenvalue weighted by atomic mass is 16.8. The first-order valence-electron chi connectivity index (χ1n) is 15.1. The lowest BCUT2D eigenvalue weighted by molar-refractivity contribution is -0.268. The van der Waals surface area contributed by atoms with Gasteiger partial charge in [-0.25, -0.2) is 4.79 Å². The smallest absolute Gasteiger partial charge is 0.338 e. The van der Waals surface area contributed by atoms with E-state index in [0.717, 1.165) is 16.7 Å². The zero-order valence-electron chi connectivity index (χ0n) is 25.4. The number of esters is 1. The van der Waals surface area contributed by atoms with Crippen molar-refractivity contribution in [3.63, 3.8) is 0 Å². The predicted molar refractivity (Wildman–Crippen MR) is 164 cm³/mol. The molecule has 8 heteroatoms. The van der Waals surface area contributed by atoms with E-state index in [-0.39, 0.29) is 13.2 Å². The zero-order chi connectivity index (χ0) is 30.8. The fourth-order valence-corrected chi connectivity index (χ4v) is 5.43. The maximum absolute atomic E-state index is 13.4. The van der Waals surface area contributed by atoms with Crippen molar-refractivity contribution in [1.82, 2.24) is 0 Å². The molecule has 0 unspecified atom stereocenters. The number of hydrogen-bond donors (Lipinski definition) is 0. The Balaban J connectivity index is 1.41. The molecule has 0 N–H and O–H groups in total. The SMILES string of the molecule is C=CC[C@@H]1O[C@H](COCc2ccccc2)[C@@H](OCc2ccccc2)[C@H](OCc2ccccc2)[C@H]1OC(=O)[C@H]1COC(C)(C)O1. The summed E-state index contributed by atoms with van der Waals surface area (Å²) in [6, 6.07) is 29.7. The van der Waals surface area contributed by atoms with Gasteiger partial charge in [-0.2, -0.15) is 0 Å². The molecule has 6 atom stereocenters. The lowest BCUT2D eigenvalue weighted by Gasteiger charge is -2.46. The Labute approximate surface area is 259 Å². The monoisotopic (exact) mass is 602 g/mol. The van der Waals surface area contributed by atoms with Crippen molar-refractivity contribution >= 4 is 5.97 Å². The molecule has 2 aliphatic rings. The van der Waals surface area contributed by atoms with Crippen molar-refractivity contribution in [2.24, 2.45) is 0 Å². The molecule has 2 saturated heterocycles. The molecular weight excluding hydrogens is 560 g/mol. The van der Waals surface area contributed by atoms with Gasteiger partial charge in [0.05, 0.1) is 33.0 Å². The summed E-state index contributed by atoms with van der Waals surface area (Å²) in [4.78, 5) is 13.4. The van der Waals surface area contributed by atoms with Crippen LogP contribution in [0.1, 0.15) is 37.0 Å². The van der Waals surface area contributed by atoms with Crippen molar-refractivity contribution in [3.8, 4) is 0 Å². The lowest BCUT2D eigenvalue weighted by atomic mass is 9.92. The third-order valence-corrected chi connectivity index (χ3v) is 7.62. The average Bonchev–Trinajstić information content (AvgIpc) is 3.42. The van der Waals surface area contributed by atoms with Crippen LogP contribution in [0, 0.1) is 0 Å². The number of carbonyl (C=O) groups is 1. The highest BCUT2D eigenvalue weighted by Gasteiger charge is 2.50. The Kier molecular flexibility index (Phi) is 11.3. The van der Waals surface area contributed by atoms with Gasteiger partial charge in [0.2, 0.25) is 0 Å². The van der Waals surface area contributed by atoms with E-state index in [0.29, 0.717) is 26.2 Å². The van der Waals surface area contributed by atoms with E-state index in [4.69, 9.17) is 33.2 Å². The standard InChI is InChI=1S/C36H42O8/c1-4-14-29-33(43-35(37)31-25-41-36(2,3)44-31)34(40-23-28-19-12-7-13-20-28)32(39-22-27-17-10-6-11-18-27)30(42-29)24-38-21-26-15-8-5-9-16-26/h4-13,15-20,29-34H,1,14,21-25H2,2-3H3/t29-,30+,31+,32+,33-,34-/m0/s1. The van der Waals surface area contributed by atoms with Gasteiger partial charge in [0, 0.05) is 0 Å². The first-order valence-corrected chi connectivity index (χ1v) is 15.1. The van der Waals surface area contributed by atoms with Crippen LogP contribution < -0.4 is 0 Å². The number of ether oxygens (including phenoxy) is 7. The van der Waals surface area contributed by atoms with Crippen LogP contribution >= 0.6 is 0 Å². The second-order valence-corrected chi connectivity index (χ2v) is 11.5. The molecule has 0 radical (unpaired) electrons. The normalized spacial score (nSPS) is 26.2. The molecule has 0 bridgehead atoms. The summed E-state index contributed by atoms with van der Waals surface area (Å²) in [6.45, 7) is 8.85. The van der Waals surface area contributed by atoms with Crippen molar-refractivity contribution in [3.05, 3.63) is 120 Å². The molecular formula is C36H42O8. The fourth-order valence-electron chi connectivity index (χ4n) is 5.43. The highest BCUT2D eigenvalue weighted by Crippen LogP contribution is 2.33. The van der Waals surface area contributed by atoms with Gasteiger partial charge < -0.3 is 33.2 Å². The van der Waals surface area contributed by atoms with Gasteiger partial charge in [-0.05, 0) is 37.0 Å². The molecule has 0 aliphatic carbocycles. The van der Waals surface area contributed by atoms with Gasteiger partial charge in [-0.15, -0.1) is 6.58 Å². The van der Waals surface area contributed by atoms with Gasteiger partial charge in [0.1, 0.15) is 24.4 Å². The zero-order valence-corrected chi connectivity index (χ0v) is 25.4. The van der Waals surface area contributed by atoms with E-state index in [9.17, 15) is 4.79 Å². The van der Waals surface area contributed by atoms with Gasteiger partial charge in [-0.1, -0.05) is 97.1 Å². The van der Waals surface area contributed by atoms with E-state index in [2.05, 4.69) is 6.58 Å². The van der Waals surface area contributed by atoms with Gasteiger partial charge in [0.15, 0.2) is 18.0 Å². The Bertz CT molecular complexity index is 1300. The number of hydrogen-bond acceptors (Lipinski definition) is 8. The Hall–Kier alpha value is -3.37. The van der Waals surface area contributed by atoms with E-state index >= 15 is 0 Å². The molecule has 2 heterocycles. The summed E-state index contributed by atoms with van der Waals surface area (Å²) in [5.74, 6) is -1.41. The summed E-state index contributed by atoms with van der Waals surface area (Å²) >= 11 is 0. The van der Waals surface area contributed by atoms with Crippen LogP contribution in [-0.2, 0) is 57.8 Å². The topological polar surface area (TPSA) is 81.7 Å². The average molecular weight is 603 g/mol. The predicted octanol–water partition coefficient (Wildman–Crippen LogP) is 5.78. The Morgan fingerprint density at radius 2 is 1.34 bits per heavy atom. The van der Waals surface area contributed by atoms with Crippen LogP contribution in [0.5, 0.6) is 0 Å². The first-order chi connectivity index (χ1) is 21.4. The van der Waals surface area contributed by atoms with Crippen LogP contribution in [0.4, 0.5) is 0 Å². The van der Waals surface area contributed by atoms with Crippen molar-refractivity contribution in [1.29, 1.82) is 0 Å². The molecule has 0 saturated carbocycles. The Morgan fingerprint density at radius 3 is 1.86 bits per heavy atom. The highest BCUT2D eigenvalue weighted by molar-refractivity contribution is 5.75. The van der Waals surface area contributed by atoms with Crippen LogP contribution in [0.3, 0.4) is 0 Å². The number of rotatable bonds is 14. The van der Waals surface area contributed by atoms with Crippen molar-refractivity contribution in [2.75, 3.05) is 13.2 Å². The Morgan fingerprint density at radius 1 is 0.795 bits per heavy atom. The van der Waals surface area contributed by atoms with E-state index in [1.165, 1.54) is 0 Å². The minimum absolute atomic E-state index is 0.102. The molecule has 3 aromatic rings. The van der Waals surface area contributed by atoms with Crippen LogP contribution in [0.15, 0.2) is 104 Å². The lowest BCUT2D eigenvalue weighted by Crippen LogP contribution is -2.61. The molecule has 0 amide bonds. The quantitative estimate of drug-likeness (QED) is 0.170. The van der Waals surface area contributed by atoms with Gasteiger partial charge in [-0.3, -0.25) is 0 Å². The second-order valence-electron chi connectivity index (χ2n) is 11.5. The minimum Gasteiger partial charge on any atom is -0.455 e. The molecule has 0 spiro atoms. The van der Waals surface area contributed by atoms with Crippen molar-refractivity contribution in [2.45, 2.75) is 82.5 Å². The van der Waals surface area contributed by atoms with E-state index < -0.39 is 48.4 Å². The van der Waals surface area contributed by atoms with Crippen LogP contribution in [0.25, 0.3) is 0 Å². The third-order valence-electron chi connectivity index (χ3n) is 7.62. The molecule has 5 rings (SSSR count). The van der Waals surface area contributed by atoms with Crippen LogP contribution in [-0.4, -0.2) is 61.6 Å². The van der Waals surface area contributed by atoms with E-state index in [1.54, 1.807) is 19.9 Å². The minimum atomic E-state index is -0.876.